The Kier molecular flexibility index (Phi) is 12.1. The maximum absolute atomic E-state index is 12.4. The van der Waals surface area contributed by atoms with Gasteiger partial charge in [0.1, 0.15) is 0 Å². The Morgan fingerprint density at radius 2 is 1.42 bits per heavy atom. The molecule has 0 spiro atoms. The molecule has 150 valence electrons. The molecule has 26 heavy (non-hydrogen) atoms. The van der Waals surface area contributed by atoms with Gasteiger partial charge in [-0.1, -0.05) is 47.0 Å². The maximum atomic E-state index is 12.4. The lowest BCUT2D eigenvalue weighted by Gasteiger charge is -2.23. The molecule has 0 heterocycles. The molecule has 0 unspecified atom stereocenters. The number of esters is 3. The molecule has 0 aliphatic heterocycles. The van der Waals surface area contributed by atoms with E-state index in [1.807, 2.05) is 6.92 Å². The highest BCUT2D eigenvalue weighted by Crippen LogP contribution is 2.15. The Morgan fingerprint density at radius 1 is 0.885 bits per heavy atom. The molecule has 8 nitrogen and oxygen atoms in total. The second kappa shape index (κ2) is 13.1. The van der Waals surface area contributed by atoms with E-state index in [-0.39, 0.29) is 25.4 Å². The molecule has 0 radical (unpaired) electrons. The molecule has 0 saturated heterocycles. The van der Waals surface area contributed by atoms with Crippen molar-refractivity contribution >= 4 is 23.9 Å². The van der Waals surface area contributed by atoms with E-state index in [2.05, 4.69) is 6.92 Å². The normalized spacial score (nSPS) is 14.0. The smallest absolute Gasteiger partial charge is 0.352 e. The Balaban J connectivity index is 5.18. The van der Waals surface area contributed by atoms with Gasteiger partial charge in [-0.2, -0.15) is 0 Å². The highest BCUT2D eigenvalue weighted by atomic mass is 16.6. The van der Waals surface area contributed by atoms with E-state index in [4.69, 9.17) is 14.2 Å². The van der Waals surface area contributed by atoms with Crippen molar-refractivity contribution in [2.24, 2.45) is 5.92 Å². The number of hydrogen-bond donors (Lipinski definition) is 1. The molecule has 0 aromatic carbocycles. The Hall–Kier alpha value is -2.12. The zero-order valence-electron chi connectivity index (χ0n) is 16.0. The lowest BCUT2D eigenvalue weighted by Crippen LogP contribution is -2.46. The first-order valence-corrected chi connectivity index (χ1v) is 9.08. The number of carboxylic acid groups (broad SMARTS) is 1. The van der Waals surface area contributed by atoms with Crippen molar-refractivity contribution < 1.29 is 38.5 Å². The molecule has 0 fully saturated rings. The molecule has 0 aliphatic rings. The van der Waals surface area contributed by atoms with E-state index in [1.165, 1.54) is 13.8 Å². The fourth-order valence-corrected chi connectivity index (χ4v) is 2.11. The van der Waals surface area contributed by atoms with E-state index in [1.54, 1.807) is 0 Å². The van der Waals surface area contributed by atoms with Crippen LogP contribution in [0.3, 0.4) is 0 Å². The van der Waals surface area contributed by atoms with E-state index >= 15 is 0 Å². The van der Waals surface area contributed by atoms with Gasteiger partial charge < -0.3 is 19.3 Å². The predicted octanol–water partition coefficient (Wildman–Crippen LogP) is 2.47. The monoisotopic (exact) mass is 374 g/mol. The third-order valence-electron chi connectivity index (χ3n) is 3.85. The van der Waals surface area contributed by atoms with Crippen LogP contribution in [0.4, 0.5) is 0 Å². The fraction of sp³-hybridized carbons (Fsp3) is 0.778. The number of unbranched alkanes of at least 4 members (excludes halogenated alkanes) is 1. The topological polar surface area (TPSA) is 116 Å². The summed E-state index contributed by atoms with van der Waals surface area (Å²) >= 11 is 0. The average molecular weight is 374 g/mol. The molecule has 0 bridgehead atoms. The van der Waals surface area contributed by atoms with E-state index in [0.29, 0.717) is 0 Å². The predicted molar refractivity (Wildman–Crippen MR) is 92.2 cm³/mol. The van der Waals surface area contributed by atoms with Crippen LogP contribution in [0, 0.1) is 5.92 Å². The van der Waals surface area contributed by atoms with Gasteiger partial charge >= 0.3 is 23.9 Å². The summed E-state index contributed by atoms with van der Waals surface area (Å²) in [6, 6.07) is 0. The van der Waals surface area contributed by atoms with Crippen molar-refractivity contribution in [3.63, 3.8) is 0 Å². The van der Waals surface area contributed by atoms with E-state index in [0.717, 1.165) is 25.7 Å². The molecule has 0 saturated carbocycles. The first-order chi connectivity index (χ1) is 12.3. The maximum Gasteiger partial charge on any atom is 0.352 e. The van der Waals surface area contributed by atoms with Crippen LogP contribution in [0.25, 0.3) is 0 Å². The van der Waals surface area contributed by atoms with Gasteiger partial charge in [-0.3, -0.25) is 9.59 Å². The molecule has 0 amide bonds. The number of aliphatic carboxylic acids is 1. The number of ether oxygens (including phenoxy) is 3. The van der Waals surface area contributed by atoms with Gasteiger partial charge in [0, 0.05) is 12.8 Å². The van der Waals surface area contributed by atoms with Crippen molar-refractivity contribution in [3.8, 4) is 0 Å². The van der Waals surface area contributed by atoms with Crippen LogP contribution in [0.2, 0.25) is 0 Å². The number of carboxylic acids is 1. The van der Waals surface area contributed by atoms with Crippen molar-refractivity contribution in [1.29, 1.82) is 0 Å². The Bertz CT molecular complexity index is 474. The summed E-state index contributed by atoms with van der Waals surface area (Å²) in [4.78, 5) is 46.8. The van der Waals surface area contributed by atoms with Gasteiger partial charge in [-0.15, -0.1) is 0 Å². The van der Waals surface area contributed by atoms with Crippen LogP contribution in [-0.4, -0.2) is 47.8 Å². The van der Waals surface area contributed by atoms with E-state index < -0.39 is 36.1 Å². The molecule has 8 heteroatoms. The summed E-state index contributed by atoms with van der Waals surface area (Å²) in [6.07, 6.45) is -0.271. The molecule has 3 atom stereocenters. The summed E-state index contributed by atoms with van der Waals surface area (Å²) in [5.74, 6) is -4.10. The molecule has 0 rings (SSSR count). The number of carbonyl (C=O) groups is 4. The molecule has 1 N–H and O–H groups in total. The molecule has 0 aromatic rings. The summed E-state index contributed by atoms with van der Waals surface area (Å²) in [5.41, 5.74) is 0. The lowest BCUT2D eigenvalue weighted by atomic mass is 10.0. The lowest BCUT2D eigenvalue weighted by molar-refractivity contribution is -0.190. The van der Waals surface area contributed by atoms with Crippen LogP contribution in [-0.2, 0) is 33.4 Å². The third kappa shape index (κ3) is 8.82. The quantitative estimate of drug-likeness (QED) is 0.386. The van der Waals surface area contributed by atoms with Crippen molar-refractivity contribution in [1.82, 2.24) is 0 Å². The van der Waals surface area contributed by atoms with Gasteiger partial charge in [-0.05, 0) is 12.3 Å². The molecule has 0 aliphatic carbocycles. The molecule has 0 aromatic heterocycles. The van der Waals surface area contributed by atoms with Crippen molar-refractivity contribution in [3.05, 3.63) is 0 Å². The Morgan fingerprint density at radius 3 is 1.85 bits per heavy atom. The number of rotatable bonds is 13. The molecular weight excluding hydrogens is 344 g/mol. The number of carbonyl (C=O) groups excluding carboxylic acids is 3. The highest BCUT2D eigenvalue weighted by Gasteiger charge is 2.41. The van der Waals surface area contributed by atoms with Gasteiger partial charge in [0.2, 0.25) is 12.2 Å². The van der Waals surface area contributed by atoms with Crippen LogP contribution < -0.4 is 0 Å². The van der Waals surface area contributed by atoms with Crippen LogP contribution in [0.1, 0.15) is 66.2 Å². The summed E-state index contributed by atoms with van der Waals surface area (Å²) < 4.78 is 14.9. The van der Waals surface area contributed by atoms with Crippen molar-refractivity contribution in [2.75, 3.05) is 6.61 Å². The van der Waals surface area contributed by atoms with Gasteiger partial charge in [0.05, 0.1) is 6.61 Å². The second-order valence-electron chi connectivity index (χ2n) is 5.91. The summed E-state index contributed by atoms with van der Waals surface area (Å²) in [6.45, 7) is 7.08. The van der Waals surface area contributed by atoms with Crippen LogP contribution in [0.15, 0.2) is 0 Å². The highest BCUT2D eigenvalue weighted by molar-refractivity contribution is 5.88. The molecular formula is C18H30O8. The zero-order chi connectivity index (χ0) is 20.1. The zero-order valence-corrected chi connectivity index (χ0v) is 16.0. The van der Waals surface area contributed by atoms with Gasteiger partial charge in [0.15, 0.2) is 0 Å². The minimum atomic E-state index is -1.94. The SMILES string of the molecule is CCCC[C@H](CC)COC(=O)[C@H](OC(=O)CC)[C@@H](OC(=O)CC)C(=O)O. The second-order valence-corrected chi connectivity index (χ2v) is 5.91. The van der Waals surface area contributed by atoms with Crippen molar-refractivity contribution in [2.45, 2.75) is 78.4 Å². The van der Waals surface area contributed by atoms with E-state index in [9.17, 15) is 24.3 Å². The first kappa shape index (κ1) is 23.9. The largest absolute Gasteiger partial charge is 0.478 e. The van der Waals surface area contributed by atoms with Crippen LogP contribution in [0.5, 0.6) is 0 Å². The average Bonchev–Trinajstić information content (AvgIpc) is 2.63. The minimum absolute atomic E-state index is 0.0636. The Labute approximate surface area is 154 Å². The summed E-state index contributed by atoms with van der Waals surface area (Å²) in [7, 11) is 0. The summed E-state index contributed by atoms with van der Waals surface area (Å²) in [5, 5.41) is 9.29. The first-order valence-electron chi connectivity index (χ1n) is 9.08. The van der Waals surface area contributed by atoms with Gasteiger partial charge in [0.25, 0.3) is 0 Å². The van der Waals surface area contributed by atoms with Crippen LogP contribution >= 0.6 is 0 Å². The minimum Gasteiger partial charge on any atom is -0.478 e. The fourth-order valence-electron chi connectivity index (χ4n) is 2.11. The van der Waals surface area contributed by atoms with Gasteiger partial charge in [-0.25, -0.2) is 9.59 Å². The standard InChI is InChI=1S/C18H30O8/c1-5-9-10-12(6-2)11-24-18(23)16(26-14(20)8-4)15(17(21)22)25-13(19)7-3/h12,15-16H,5-11H2,1-4H3,(H,21,22)/t12-,15+,16+/m0/s1. The third-order valence-corrected chi connectivity index (χ3v) is 3.85. The number of hydrogen-bond acceptors (Lipinski definition) is 7.